The SMILES string of the molecule is COc1cc(C(=O)Nc2cccc([N+](=O)[O-])c2C)cc(Br)c1OCc1ccccc1. The van der Waals surface area contributed by atoms with Crippen LogP contribution in [0.25, 0.3) is 0 Å². The molecule has 0 aliphatic heterocycles. The molecule has 0 bridgehead atoms. The maximum atomic E-state index is 12.8. The second-order valence-corrected chi connectivity index (χ2v) is 7.28. The predicted octanol–water partition coefficient (Wildman–Crippen LogP) is 5.51. The van der Waals surface area contributed by atoms with Crippen LogP contribution in [0.4, 0.5) is 11.4 Å². The predicted molar refractivity (Wildman–Crippen MR) is 117 cm³/mol. The Bertz CT molecular complexity index is 1090. The van der Waals surface area contributed by atoms with Gasteiger partial charge in [0.2, 0.25) is 0 Å². The Morgan fingerprint density at radius 3 is 2.53 bits per heavy atom. The highest BCUT2D eigenvalue weighted by Gasteiger charge is 2.19. The van der Waals surface area contributed by atoms with Crippen LogP contribution in [0, 0.1) is 17.0 Å². The van der Waals surface area contributed by atoms with E-state index in [-0.39, 0.29) is 5.69 Å². The van der Waals surface area contributed by atoms with Gasteiger partial charge in [-0.25, -0.2) is 0 Å². The molecule has 1 N–H and O–H groups in total. The van der Waals surface area contributed by atoms with Crippen LogP contribution in [-0.2, 0) is 6.61 Å². The molecule has 0 atom stereocenters. The summed E-state index contributed by atoms with van der Waals surface area (Å²) in [5.41, 5.74) is 2.00. The van der Waals surface area contributed by atoms with Crippen molar-refractivity contribution in [3.05, 3.63) is 91.9 Å². The molecule has 3 rings (SSSR count). The molecule has 0 saturated carbocycles. The number of nitrogens with zero attached hydrogens (tertiary/aromatic N) is 1. The molecule has 7 nitrogen and oxygen atoms in total. The number of carbonyl (C=O) groups excluding carboxylic acids is 1. The van der Waals surface area contributed by atoms with Crippen LogP contribution >= 0.6 is 15.9 Å². The molecule has 0 saturated heterocycles. The molecule has 0 radical (unpaired) electrons. The van der Waals surface area contributed by atoms with Gasteiger partial charge in [0.25, 0.3) is 11.6 Å². The zero-order valence-corrected chi connectivity index (χ0v) is 17.9. The molecular formula is C22H19BrN2O5. The van der Waals surface area contributed by atoms with Gasteiger partial charge in [-0.15, -0.1) is 0 Å². The van der Waals surface area contributed by atoms with E-state index in [4.69, 9.17) is 9.47 Å². The monoisotopic (exact) mass is 470 g/mol. The summed E-state index contributed by atoms with van der Waals surface area (Å²) in [6.07, 6.45) is 0. The number of nitrogens with one attached hydrogen (secondary N) is 1. The summed E-state index contributed by atoms with van der Waals surface area (Å²) in [5.74, 6) is 0.442. The molecule has 0 heterocycles. The molecule has 0 fully saturated rings. The lowest BCUT2D eigenvalue weighted by atomic mass is 10.1. The number of anilines is 1. The molecular weight excluding hydrogens is 452 g/mol. The number of benzene rings is 3. The summed E-state index contributed by atoms with van der Waals surface area (Å²) < 4.78 is 11.8. The summed E-state index contributed by atoms with van der Waals surface area (Å²) in [7, 11) is 1.49. The van der Waals surface area contributed by atoms with Crippen LogP contribution in [-0.4, -0.2) is 17.9 Å². The van der Waals surface area contributed by atoms with Crippen molar-refractivity contribution in [2.75, 3.05) is 12.4 Å². The Balaban J connectivity index is 1.83. The normalized spacial score (nSPS) is 10.4. The molecule has 0 unspecified atom stereocenters. The molecule has 0 aliphatic rings. The number of amides is 1. The first-order chi connectivity index (χ1) is 14.4. The molecule has 0 aliphatic carbocycles. The number of nitro benzene ring substituents is 1. The van der Waals surface area contributed by atoms with E-state index >= 15 is 0 Å². The number of rotatable bonds is 7. The van der Waals surface area contributed by atoms with Gasteiger partial charge in [-0.05, 0) is 46.6 Å². The van der Waals surface area contributed by atoms with Gasteiger partial charge >= 0.3 is 0 Å². The van der Waals surface area contributed by atoms with Crippen LogP contribution in [0.1, 0.15) is 21.5 Å². The molecule has 30 heavy (non-hydrogen) atoms. The molecule has 3 aromatic carbocycles. The fourth-order valence-corrected chi connectivity index (χ4v) is 3.43. The van der Waals surface area contributed by atoms with Crippen LogP contribution in [0.3, 0.4) is 0 Å². The number of hydrogen-bond acceptors (Lipinski definition) is 5. The van der Waals surface area contributed by atoms with Crippen LogP contribution in [0.15, 0.2) is 65.1 Å². The average molecular weight is 471 g/mol. The van der Waals surface area contributed by atoms with E-state index in [9.17, 15) is 14.9 Å². The summed E-state index contributed by atoms with van der Waals surface area (Å²) >= 11 is 3.44. The van der Waals surface area contributed by atoms with Gasteiger partial charge in [0.15, 0.2) is 11.5 Å². The summed E-state index contributed by atoms with van der Waals surface area (Å²) in [4.78, 5) is 23.4. The zero-order chi connectivity index (χ0) is 21.7. The van der Waals surface area contributed by atoms with E-state index in [1.807, 2.05) is 30.3 Å². The van der Waals surface area contributed by atoms with E-state index in [0.717, 1.165) is 5.56 Å². The average Bonchev–Trinajstić information content (AvgIpc) is 2.74. The molecule has 0 aromatic heterocycles. The van der Waals surface area contributed by atoms with Gasteiger partial charge in [-0.2, -0.15) is 0 Å². The number of methoxy groups -OCH3 is 1. The lowest BCUT2D eigenvalue weighted by molar-refractivity contribution is -0.385. The summed E-state index contributed by atoms with van der Waals surface area (Å²) in [6.45, 7) is 1.93. The van der Waals surface area contributed by atoms with E-state index in [0.29, 0.717) is 39.4 Å². The van der Waals surface area contributed by atoms with Crippen LogP contribution in [0.2, 0.25) is 0 Å². The maximum Gasteiger partial charge on any atom is 0.274 e. The van der Waals surface area contributed by atoms with E-state index in [1.165, 1.54) is 19.2 Å². The van der Waals surface area contributed by atoms with Crippen molar-refractivity contribution in [2.24, 2.45) is 0 Å². The maximum absolute atomic E-state index is 12.8. The topological polar surface area (TPSA) is 90.7 Å². The Kier molecular flexibility index (Phi) is 6.68. The van der Waals surface area contributed by atoms with Crippen LogP contribution in [0.5, 0.6) is 11.5 Å². The van der Waals surface area contributed by atoms with Gasteiger partial charge in [-0.1, -0.05) is 36.4 Å². The lowest BCUT2D eigenvalue weighted by Crippen LogP contribution is -2.14. The minimum atomic E-state index is -0.483. The van der Waals surface area contributed by atoms with Crippen molar-refractivity contribution in [1.29, 1.82) is 0 Å². The van der Waals surface area contributed by atoms with Gasteiger partial charge in [-0.3, -0.25) is 14.9 Å². The Morgan fingerprint density at radius 1 is 1.13 bits per heavy atom. The van der Waals surface area contributed by atoms with Crippen molar-refractivity contribution >= 4 is 33.2 Å². The molecule has 154 valence electrons. The quantitative estimate of drug-likeness (QED) is 0.363. The second-order valence-electron chi connectivity index (χ2n) is 6.42. The lowest BCUT2D eigenvalue weighted by Gasteiger charge is -2.15. The number of halogens is 1. The zero-order valence-electron chi connectivity index (χ0n) is 16.3. The fourth-order valence-electron chi connectivity index (χ4n) is 2.87. The summed E-state index contributed by atoms with van der Waals surface area (Å²) in [5, 5.41) is 13.8. The van der Waals surface area contributed by atoms with Crippen molar-refractivity contribution in [3.63, 3.8) is 0 Å². The molecule has 8 heteroatoms. The molecule has 1 amide bonds. The van der Waals surface area contributed by atoms with Crippen molar-refractivity contribution < 1.29 is 19.2 Å². The van der Waals surface area contributed by atoms with Crippen molar-refractivity contribution in [3.8, 4) is 11.5 Å². The third-order valence-electron chi connectivity index (χ3n) is 4.47. The minimum absolute atomic E-state index is 0.0591. The highest BCUT2D eigenvalue weighted by atomic mass is 79.9. The second kappa shape index (κ2) is 9.41. The van der Waals surface area contributed by atoms with E-state index < -0.39 is 10.8 Å². The van der Waals surface area contributed by atoms with E-state index in [1.54, 1.807) is 25.1 Å². The highest BCUT2D eigenvalue weighted by Crippen LogP contribution is 2.37. The Labute approximate surface area is 181 Å². The number of carbonyl (C=O) groups is 1. The largest absolute Gasteiger partial charge is 0.493 e. The van der Waals surface area contributed by atoms with Gasteiger partial charge in [0.05, 0.1) is 27.8 Å². The van der Waals surface area contributed by atoms with Crippen molar-refractivity contribution in [2.45, 2.75) is 13.5 Å². The van der Waals surface area contributed by atoms with Gasteiger partial charge < -0.3 is 14.8 Å². The summed E-state index contributed by atoms with van der Waals surface area (Å²) in [6, 6.07) is 17.4. The van der Waals surface area contributed by atoms with Gasteiger partial charge in [0, 0.05) is 11.6 Å². The first-order valence-corrected chi connectivity index (χ1v) is 9.79. The number of nitro groups is 1. The highest BCUT2D eigenvalue weighted by molar-refractivity contribution is 9.10. The minimum Gasteiger partial charge on any atom is -0.493 e. The Morgan fingerprint density at radius 2 is 1.87 bits per heavy atom. The number of ether oxygens (including phenoxy) is 2. The fraction of sp³-hybridized carbons (Fsp3) is 0.136. The molecule has 0 spiro atoms. The van der Waals surface area contributed by atoms with Gasteiger partial charge in [0.1, 0.15) is 6.61 Å². The van der Waals surface area contributed by atoms with Crippen LogP contribution < -0.4 is 14.8 Å². The smallest absolute Gasteiger partial charge is 0.274 e. The first-order valence-electron chi connectivity index (χ1n) is 9.00. The third-order valence-corrected chi connectivity index (χ3v) is 5.06. The number of hydrogen-bond donors (Lipinski definition) is 1. The van der Waals surface area contributed by atoms with Crippen molar-refractivity contribution in [1.82, 2.24) is 0 Å². The first kappa shape index (κ1) is 21.3. The molecule has 3 aromatic rings. The van der Waals surface area contributed by atoms with E-state index in [2.05, 4.69) is 21.2 Å². The standard InChI is InChI=1S/C22H19BrN2O5/c1-14-18(9-6-10-19(14)25(27)28)24-22(26)16-11-17(23)21(20(12-16)29-2)30-13-15-7-4-3-5-8-15/h3-12H,13H2,1-2H3,(H,24,26). The third kappa shape index (κ3) is 4.77. The Hall–Kier alpha value is -3.39.